The van der Waals surface area contributed by atoms with Crippen LogP contribution in [-0.4, -0.2) is 92.2 Å². The first-order valence-corrected chi connectivity index (χ1v) is 12.8. The van der Waals surface area contributed by atoms with E-state index in [4.69, 9.17) is 10.8 Å². The van der Waals surface area contributed by atoms with Crippen LogP contribution in [0, 0.1) is 0 Å². The van der Waals surface area contributed by atoms with Gasteiger partial charge in [0.1, 0.15) is 23.9 Å². The Bertz CT molecular complexity index is 1000. The van der Waals surface area contributed by atoms with Crippen molar-refractivity contribution in [2.75, 3.05) is 12.0 Å². The van der Waals surface area contributed by atoms with Gasteiger partial charge in [-0.2, -0.15) is 11.8 Å². The highest BCUT2D eigenvalue weighted by molar-refractivity contribution is 7.98. The van der Waals surface area contributed by atoms with E-state index in [9.17, 15) is 44.1 Å². The average molecular weight is 557 g/mol. The SMILES string of the molecule is CSCCC(N)C(=O)NC(Cc1ccc(O)cc1)C(=O)NC(CC(=O)O)C(=O)NC(CCC(=O)O)C(=O)O. The molecule has 1 rings (SSSR count). The van der Waals surface area contributed by atoms with E-state index < -0.39 is 79.1 Å². The number of hydrogen-bond donors (Lipinski definition) is 8. The van der Waals surface area contributed by atoms with E-state index >= 15 is 0 Å². The molecule has 0 fully saturated rings. The van der Waals surface area contributed by atoms with Gasteiger partial charge in [0.2, 0.25) is 17.7 Å². The Balaban J connectivity index is 3.12. The summed E-state index contributed by atoms with van der Waals surface area (Å²) in [5.74, 6) is -6.55. The van der Waals surface area contributed by atoms with Gasteiger partial charge in [-0.25, -0.2) is 4.79 Å². The fraction of sp³-hybridized carbons (Fsp3) is 0.478. The Hall–Kier alpha value is -3.85. The predicted octanol–water partition coefficient (Wildman–Crippen LogP) is -1.11. The lowest BCUT2D eigenvalue weighted by Gasteiger charge is -2.24. The minimum atomic E-state index is -1.74. The topological polar surface area (TPSA) is 245 Å². The molecule has 1 aromatic rings. The van der Waals surface area contributed by atoms with Gasteiger partial charge in [0.25, 0.3) is 0 Å². The highest BCUT2D eigenvalue weighted by Crippen LogP contribution is 2.12. The zero-order valence-corrected chi connectivity index (χ0v) is 21.4. The molecule has 0 aliphatic carbocycles. The minimum Gasteiger partial charge on any atom is -0.508 e. The van der Waals surface area contributed by atoms with Crippen molar-refractivity contribution in [2.24, 2.45) is 5.73 Å². The minimum absolute atomic E-state index is 0.0352. The molecule has 0 bridgehead atoms. The van der Waals surface area contributed by atoms with Crippen LogP contribution in [0.15, 0.2) is 24.3 Å². The second-order valence-corrected chi connectivity index (χ2v) is 9.30. The van der Waals surface area contributed by atoms with Crippen LogP contribution in [0.25, 0.3) is 0 Å². The van der Waals surface area contributed by atoms with Crippen LogP contribution in [-0.2, 0) is 35.2 Å². The molecule has 9 N–H and O–H groups in total. The monoisotopic (exact) mass is 556 g/mol. The number of phenols is 1. The first kappa shape index (κ1) is 32.2. The Morgan fingerprint density at radius 2 is 1.37 bits per heavy atom. The maximum Gasteiger partial charge on any atom is 0.326 e. The molecule has 4 unspecified atom stereocenters. The number of nitrogens with two attached hydrogens (primary N) is 1. The molecular weight excluding hydrogens is 524 g/mol. The smallest absolute Gasteiger partial charge is 0.326 e. The van der Waals surface area contributed by atoms with Crippen LogP contribution in [0.5, 0.6) is 5.75 Å². The van der Waals surface area contributed by atoms with Crippen LogP contribution in [0.2, 0.25) is 0 Å². The van der Waals surface area contributed by atoms with Crippen molar-refractivity contribution in [1.29, 1.82) is 0 Å². The molecule has 0 aliphatic rings. The summed E-state index contributed by atoms with van der Waals surface area (Å²) in [6, 6.07) is 0.0817. The van der Waals surface area contributed by atoms with Crippen molar-refractivity contribution >= 4 is 47.4 Å². The number of rotatable bonds is 17. The van der Waals surface area contributed by atoms with E-state index in [2.05, 4.69) is 10.6 Å². The van der Waals surface area contributed by atoms with Crippen LogP contribution in [0.1, 0.15) is 31.2 Å². The maximum absolute atomic E-state index is 13.1. The van der Waals surface area contributed by atoms with Gasteiger partial charge in [0.15, 0.2) is 0 Å². The lowest BCUT2D eigenvalue weighted by atomic mass is 10.0. The largest absolute Gasteiger partial charge is 0.508 e. The van der Waals surface area contributed by atoms with Crippen LogP contribution < -0.4 is 21.7 Å². The van der Waals surface area contributed by atoms with E-state index in [1.807, 2.05) is 11.6 Å². The van der Waals surface area contributed by atoms with Crippen molar-refractivity contribution < 1.29 is 49.2 Å². The molecule has 0 aromatic heterocycles. The molecule has 3 amide bonds. The number of thioether (sulfide) groups is 1. The van der Waals surface area contributed by atoms with Gasteiger partial charge in [-0.1, -0.05) is 12.1 Å². The molecule has 14 nitrogen and oxygen atoms in total. The summed E-state index contributed by atoms with van der Waals surface area (Å²) in [5, 5.41) is 43.5. The summed E-state index contributed by atoms with van der Waals surface area (Å²) in [4.78, 5) is 72.0. The second kappa shape index (κ2) is 16.1. The third-order valence-corrected chi connectivity index (χ3v) is 5.90. The molecule has 210 valence electrons. The number of hydrogen-bond acceptors (Lipinski definition) is 9. The fourth-order valence-electron chi connectivity index (χ4n) is 3.19. The number of carboxylic acids is 3. The molecule has 4 atom stereocenters. The maximum atomic E-state index is 13.1. The molecule has 0 saturated heterocycles. The molecule has 0 heterocycles. The van der Waals surface area contributed by atoms with Crippen LogP contribution >= 0.6 is 11.8 Å². The molecule has 15 heteroatoms. The normalized spacial score (nSPS) is 13.8. The third kappa shape index (κ3) is 11.9. The number of phenolic OH excluding ortho intramolecular Hbond substituents is 1. The van der Waals surface area contributed by atoms with Crippen molar-refractivity contribution in [2.45, 2.75) is 56.3 Å². The van der Waals surface area contributed by atoms with Crippen molar-refractivity contribution in [1.82, 2.24) is 16.0 Å². The van der Waals surface area contributed by atoms with E-state index in [1.54, 1.807) is 0 Å². The van der Waals surface area contributed by atoms with E-state index in [-0.39, 0.29) is 12.2 Å². The van der Waals surface area contributed by atoms with Crippen LogP contribution in [0.3, 0.4) is 0 Å². The molecule has 0 spiro atoms. The third-order valence-electron chi connectivity index (χ3n) is 5.25. The predicted molar refractivity (Wildman–Crippen MR) is 135 cm³/mol. The number of aromatic hydroxyl groups is 1. The zero-order valence-electron chi connectivity index (χ0n) is 20.6. The number of amides is 3. The number of carbonyl (C=O) groups is 6. The van der Waals surface area contributed by atoms with Crippen molar-refractivity contribution in [3.05, 3.63) is 29.8 Å². The zero-order chi connectivity index (χ0) is 28.8. The summed E-state index contributed by atoms with van der Waals surface area (Å²) in [7, 11) is 0. The quantitative estimate of drug-likeness (QED) is 0.114. The van der Waals surface area contributed by atoms with Crippen molar-refractivity contribution in [3.8, 4) is 5.75 Å². The number of benzene rings is 1. The summed E-state index contributed by atoms with van der Waals surface area (Å²) in [5.41, 5.74) is 6.40. The summed E-state index contributed by atoms with van der Waals surface area (Å²) in [6.45, 7) is 0. The Morgan fingerprint density at radius 3 is 1.89 bits per heavy atom. The molecule has 0 radical (unpaired) electrons. The molecule has 1 aromatic carbocycles. The second-order valence-electron chi connectivity index (χ2n) is 8.31. The standard InChI is InChI=1S/C23H32N4O10S/c1-38-9-8-14(24)20(33)26-16(10-12-2-4-13(28)5-3-12)21(34)27-17(11-19(31)32)22(35)25-15(23(36)37)6-7-18(29)30/h2-5,14-17,28H,6-11,24H2,1H3,(H,25,35)(H,26,33)(H,27,34)(H,29,30)(H,31,32)(H,36,37). The van der Waals surface area contributed by atoms with Gasteiger partial charge >= 0.3 is 17.9 Å². The van der Waals surface area contributed by atoms with Gasteiger partial charge in [0, 0.05) is 12.8 Å². The first-order valence-electron chi connectivity index (χ1n) is 11.4. The van der Waals surface area contributed by atoms with Crippen molar-refractivity contribution in [3.63, 3.8) is 0 Å². The Labute approximate surface area is 222 Å². The Kier molecular flexibility index (Phi) is 13.6. The summed E-state index contributed by atoms with van der Waals surface area (Å²) < 4.78 is 0. The molecule has 0 aliphatic heterocycles. The van der Waals surface area contributed by atoms with Gasteiger partial charge in [-0.15, -0.1) is 0 Å². The van der Waals surface area contributed by atoms with E-state index in [1.165, 1.54) is 36.0 Å². The molecule has 0 saturated carbocycles. The number of carboxylic acid groups (broad SMARTS) is 3. The van der Waals surface area contributed by atoms with Gasteiger partial charge in [-0.3, -0.25) is 24.0 Å². The number of aliphatic carboxylic acids is 3. The first-order chi connectivity index (χ1) is 17.8. The van der Waals surface area contributed by atoms with Crippen LogP contribution in [0.4, 0.5) is 0 Å². The summed E-state index contributed by atoms with van der Waals surface area (Å²) in [6.07, 6.45) is 0.0661. The summed E-state index contributed by atoms with van der Waals surface area (Å²) >= 11 is 1.47. The fourth-order valence-corrected chi connectivity index (χ4v) is 3.68. The van der Waals surface area contributed by atoms with E-state index in [0.717, 1.165) is 0 Å². The highest BCUT2D eigenvalue weighted by Gasteiger charge is 2.32. The lowest BCUT2D eigenvalue weighted by molar-refractivity contribution is -0.144. The van der Waals surface area contributed by atoms with E-state index in [0.29, 0.717) is 17.7 Å². The Morgan fingerprint density at radius 1 is 0.816 bits per heavy atom. The average Bonchev–Trinajstić information content (AvgIpc) is 2.84. The molecule has 38 heavy (non-hydrogen) atoms. The molecular formula is C23H32N4O10S. The number of nitrogens with one attached hydrogen (secondary N) is 3. The number of carbonyl (C=O) groups excluding carboxylic acids is 3. The van der Waals surface area contributed by atoms with Gasteiger partial charge in [-0.05, 0) is 42.5 Å². The van der Waals surface area contributed by atoms with Gasteiger partial charge < -0.3 is 42.1 Å². The highest BCUT2D eigenvalue weighted by atomic mass is 32.2. The van der Waals surface area contributed by atoms with Gasteiger partial charge in [0.05, 0.1) is 12.5 Å². The lowest BCUT2D eigenvalue weighted by Crippen LogP contribution is -2.58.